The van der Waals surface area contributed by atoms with Gasteiger partial charge in [-0.25, -0.2) is 8.78 Å². The van der Waals surface area contributed by atoms with E-state index in [9.17, 15) is 18.4 Å². The highest BCUT2D eigenvalue weighted by Gasteiger charge is 2.32. The summed E-state index contributed by atoms with van der Waals surface area (Å²) in [4.78, 5) is 27.9. The van der Waals surface area contributed by atoms with Crippen molar-refractivity contribution in [1.82, 2.24) is 10.3 Å². The van der Waals surface area contributed by atoms with Crippen LogP contribution >= 0.6 is 11.6 Å². The number of aromatic nitrogens is 1. The summed E-state index contributed by atoms with van der Waals surface area (Å²) < 4.78 is 29.4. The molecule has 0 bridgehead atoms. The van der Waals surface area contributed by atoms with Gasteiger partial charge in [0.2, 0.25) is 0 Å². The average molecular weight is 409 g/mol. The van der Waals surface area contributed by atoms with Gasteiger partial charge in [0.05, 0.1) is 27.8 Å². The van der Waals surface area contributed by atoms with Gasteiger partial charge in [-0.2, -0.15) is 0 Å². The first-order valence-electron chi connectivity index (χ1n) is 8.65. The van der Waals surface area contributed by atoms with E-state index < -0.39 is 29.8 Å². The Labute approximate surface area is 165 Å². The Balaban J connectivity index is 2.08. The van der Waals surface area contributed by atoms with Gasteiger partial charge in [0.25, 0.3) is 11.8 Å². The number of primary amides is 1. The van der Waals surface area contributed by atoms with E-state index in [-0.39, 0.29) is 41.2 Å². The number of amides is 2. The number of nitrogens with zero attached hydrogens (tertiary/aromatic N) is 1. The predicted octanol–water partition coefficient (Wildman–Crippen LogP) is 2.42. The van der Waals surface area contributed by atoms with Gasteiger partial charge >= 0.3 is 0 Å². The number of nitrogens with one attached hydrogen (secondary N) is 2. The Morgan fingerprint density at radius 2 is 2.14 bits per heavy atom. The normalized spacial score (nSPS) is 19.2. The van der Waals surface area contributed by atoms with E-state index in [1.54, 1.807) is 6.92 Å². The lowest BCUT2D eigenvalue weighted by Crippen LogP contribution is -2.51. The number of H-pyrrole nitrogens is 1. The zero-order valence-electron chi connectivity index (χ0n) is 15.3. The lowest BCUT2D eigenvalue weighted by molar-refractivity contribution is -0.116. The summed E-state index contributed by atoms with van der Waals surface area (Å²) in [5, 5.41) is 3.13. The summed E-state index contributed by atoms with van der Waals surface area (Å²) in [6.45, 7) is 3.29. The van der Waals surface area contributed by atoms with Crippen molar-refractivity contribution in [1.29, 1.82) is 0 Å². The Morgan fingerprint density at radius 3 is 2.79 bits per heavy atom. The predicted molar refractivity (Wildman–Crippen MR) is 104 cm³/mol. The highest BCUT2D eigenvalue weighted by atomic mass is 35.5. The number of fused-ring (bicyclic) bond motifs is 1. The molecule has 2 atom stereocenters. The van der Waals surface area contributed by atoms with Gasteiger partial charge in [0.1, 0.15) is 12.0 Å². The van der Waals surface area contributed by atoms with Crippen molar-refractivity contribution >= 4 is 40.0 Å². The van der Waals surface area contributed by atoms with E-state index in [0.717, 1.165) is 6.07 Å². The molecule has 1 fully saturated rings. The summed E-state index contributed by atoms with van der Waals surface area (Å²) in [5.41, 5.74) is 6.22. The van der Waals surface area contributed by atoms with Crippen LogP contribution in [0.15, 0.2) is 6.07 Å². The van der Waals surface area contributed by atoms with Gasteiger partial charge in [-0.3, -0.25) is 9.59 Å². The van der Waals surface area contributed by atoms with Crippen LogP contribution < -0.4 is 16.0 Å². The van der Waals surface area contributed by atoms with Crippen molar-refractivity contribution in [2.24, 2.45) is 5.73 Å². The number of halogens is 3. The first kappa shape index (κ1) is 20.0. The molecular weight excluding hydrogens is 390 g/mol. The van der Waals surface area contributed by atoms with Crippen molar-refractivity contribution in [2.45, 2.75) is 32.5 Å². The summed E-state index contributed by atoms with van der Waals surface area (Å²) >= 11 is 6.35. The Kier molecular flexibility index (Phi) is 5.47. The number of anilines is 1. The number of aryl methyl sites for hydroxylation is 1. The second-order valence-electron chi connectivity index (χ2n) is 6.72. The molecule has 4 N–H and O–H groups in total. The molecule has 0 aliphatic carbocycles. The summed E-state index contributed by atoms with van der Waals surface area (Å²) in [5.74, 6) is 2.75. The molecule has 0 saturated carbocycles. The third-order valence-corrected chi connectivity index (χ3v) is 5.14. The minimum Gasteiger partial charge on any atom is -0.366 e. The maximum Gasteiger partial charge on any atom is 0.296 e. The quantitative estimate of drug-likeness (QED) is 0.681. The topological polar surface area (TPSA) is 91.2 Å². The fourth-order valence-electron chi connectivity index (χ4n) is 3.58. The lowest BCUT2D eigenvalue weighted by atomic mass is 10.0. The number of benzene rings is 1. The summed E-state index contributed by atoms with van der Waals surface area (Å²) in [6.07, 6.45) is -1.20. The molecule has 1 saturated heterocycles. The van der Waals surface area contributed by atoms with Crippen molar-refractivity contribution < 1.29 is 18.4 Å². The molecule has 2 amide bonds. The molecule has 9 heteroatoms. The zero-order chi connectivity index (χ0) is 20.6. The molecule has 2 aromatic rings. The van der Waals surface area contributed by atoms with Gasteiger partial charge < -0.3 is 20.9 Å². The van der Waals surface area contributed by atoms with Crippen LogP contribution in [0.1, 0.15) is 29.4 Å². The Bertz CT molecular complexity index is 1020. The maximum absolute atomic E-state index is 15.0. The van der Waals surface area contributed by atoms with E-state index >= 15 is 0 Å². The molecule has 1 aromatic carbocycles. The van der Waals surface area contributed by atoms with Gasteiger partial charge in [-0.1, -0.05) is 17.5 Å². The molecule has 28 heavy (non-hydrogen) atoms. The highest BCUT2D eigenvalue weighted by Crippen LogP contribution is 2.40. The Morgan fingerprint density at radius 1 is 1.43 bits per heavy atom. The first-order chi connectivity index (χ1) is 13.2. The molecule has 148 valence electrons. The third-order valence-electron chi connectivity index (χ3n) is 4.67. The molecule has 1 aliphatic rings. The smallest absolute Gasteiger partial charge is 0.296 e. The van der Waals surface area contributed by atoms with Crippen LogP contribution in [0.25, 0.3) is 10.9 Å². The minimum absolute atomic E-state index is 0.0388. The number of carbonyl (C=O) groups excluding carboxylic acids is 2. The molecule has 0 spiro atoms. The van der Waals surface area contributed by atoms with Crippen molar-refractivity contribution in [3.05, 3.63) is 28.2 Å². The van der Waals surface area contributed by atoms with E-state index in [1.165, 1.54) is 11.8 Å². The van der Waals surface area contributed by atoms with Crippen LogP contribution in [0.4, 0.5) is 14.5 Å². The molecule has 3 rings (SSSR count). The van der Waals surface area contributed by atoms with E-state index in [0.29, 0.717) is 11.2 Å². The molecule has 2 heterocycles. The SMILES string of the molecule is CC#CC(=O)N[C@H]1C[C@@H](F)CN(c2c(F)cc(C(N)=O)c3[nH]c(C)c(Cl)c23)C1. The summed E-state index contributed by atoms with van der Waals surface area (Å²) in [7, 11) is 0. The van der Waals surface area contributed by atoms with E-state index in [1.807, 2.05) is 0 Å². The average Bonchev–Trinajstić information content (AvgIpc) is 2.89. The monoisotopic (exact) mass is 408 g/mol. The lowest BCUT2D eigenvalue weighted by Gasteiger charge is -2.37. The molecule has 1 aliphatic heterocycles. The second kappa shape index (κ2) is 7.68. The summed E-state index contributed by atoms with van der Waals surface area (Å²) in [6, 6.07) is 0.464. The van der Waals surface area contributed by atoms with E-state index in [2.05, 4.69) is 22.1 Å². The van der Waals surface area contributed by atoms with Gasteiger partial charge in [-0.15, -0.1) is 0 Å². The van der Waals surface area contributed by atoms with Crippen LogP contribution in [-0.4, -0.2) is 42.1 Å². The fourth-order valence-corrected chi connectivity index (χ4v) is 3.81. The minimum atomic E-state index is -1.29. The number of rotatable bonds is 3. The Hall–Kier alpha value is -2.79. The van der Waals surface area contributed by atoms with Crippen molar-refractivity contribution in [3.63, 3.8) is 0 Å². The third kappa shape index (κ3) is 3.62. The standard InChI is InChI=1S/C19H19ClF2N4O2/c1-3-4-14(27)25-11-5-10(21)7-26(8-11)18-13(22)6-12(19(23)28)17-15(18)16(20)9(2)24-17/h6,10-11,24H,5,7-8H2,1-2H3,(H2,23,28)(H,25,27)/t10-,11+/m1/s1. The molecule has 6 nitrogen and oxygen atoms in total. The van der Waals surface area contributed by atoms with Crippen LogP contribution in [0.3, 0.4) is 0 Å². The number of carbonyl (C=O) groups is 2. The van der Waals surface area contributed by atoms with Crippen molar-refractivity contribution in [3.8, 4) is 11.8 Å². The number of hydrogen-bond donors (Lipinski definition) is 3. The number of nitrogens with two attached hydrogens (primary N) is 1. The van der Waals surface area contributed by atoms with Crippen molar-refractivity contribution in [2.75, 3.05) is 18.0 Å². The number of piperidine rings is 1. The largest absolute Gasteiger partial charge is 0.366 e. The number of hydrogen-bond acceptors (Lipinski definition) is 3. The van der Waals surface area contributed by atoms with Crippen LogP contribution in [-0.2, 0) is 4.79 Å². The van der Waals surface area contributed by atoms with E-state index in [4.69, 9.17) is 17.3 Å². The van der Waals surface area contributed by atoms with Crippen LogP contribution in [0.2, 0.25) is 5.02 Å². The highest BCUT2D eigenvalue weighted by molar-refractivity contribution is 6.38. The first-order valence-corrected chi connectivity index (χ1v) is 9.03. The molecular formula is C19H19ClF2N4O2. The molecule has 1 aromatic heterocycles. The number of aromatic amines is 1. The van der Waals surface area contributed by atoms with Crippen LogP contribution in [0, 0.1) is 24.6 Å². The van der Waals surface area contributed by atoms with Gasteiger partial charge in [0, 0.05) is 30.6 Å². The molecule has 0 radical (unpaired) electrons. The fraction of sp³-hybridized carbons (Fsp3) is 0.368. The number of alkyl halides is 1. The zero-order valence-corrected chi connectivity index (χ0v) is 16.1. The van der Waals surface area contributed by atoms with Gasteiger partial charge in [0.15, 0.2) is 0 Å². The second-order valence-corrected chi connectivity index (χ2v) is 7.09. The van der Waals surface area contributed by atoms with Crippen LogP contribution in [0.5, 0.6) is 0 Å². The maximum atomic E-state index is 15.0. The van der Waals surface area contributed by atoms with Gasteiger partial charge in [-0.05, 0) is 25.8 Å². The molecule has 0 unspecified atom stereocenters.